The lowest BCUT2D eigenvalue weighted by atomic mass is 10.1. The number of aldehydes is 1. The predicted molar refractivity (Wildman–Crippen MR) is 40.3 cm³/mol. The van der Waals surface area contributed by atoms with Gasteiger partial charge in [0.2, 0.25) is 0 Å². The lowest BCUT2D eigenvalue weighted by molar-refractivity contribution is -0.103. The molecule has 0 radical (unpaired) electrons. The van der Waals surface area contributed by atoms with Gasteiger partial charge in [0.15, 0.2) is 6.29 Å². The third kappa shape index (κ3) is 1.91. The highest BCUT2D eigenvalue weighted by Gasteiger charge is 1.92. The van der Waals surface area contributed by atoms with Gasteiger partial charge in [0.25, 0.3) is 0 Å². The first kappa shape index (κ1) is 6.82. The Morgan fingerprint density at radius 2 is 2.50 bits per heavy atom. The second kappa shape index (κ2) is 3.68. The van der Waals surface area contributed by atoms with Gasteiger partial charge in [-0.25, -0.2) is 0 Å². The lowest BCUT2D eigenvalue weighted by Crippen LogP contribution is -1.82. The Bertz CT molecular complexity index is 235. The van der Waals surface area contributed by atoms with Crippen LogP contribution in [0.5, 0.6) is 0 Å². The average molecular weight is 132 g/mol. The molecule has 0 fully saturated rings. The van der Waals surface area contributed by atoms with Gasteiger partial charge < -0.3 is 0 Å². The van der Waals surface area contributed by atoms with Crippen LogP contribution in [0.2, 0.25) is 0 Å². The third-order valence-electron chi connectivity index (χ3n) is 1.31. The Hall–Kier alpha value is -1.29. The van der Waals surface area contributed by atoms with Crippen molar-refractivity contribution in [3.05, 3.63) is 23.8 Å². The van der Waals surface area contributed by atoms with Crippen LogP contribution in [0.25, 0.3) is 0 Å². The summed E-state index contributed by atoms with van der Waals surface area (Å²) in [6, 6.07) is 0. The summed E-state index contributed by atoms with van der Waals surface area (Å²) in [5.41, 5.74) is 1.05. The molecule has 0 aliphatic heterocycles. The summed E-state index contributed by atoms with van der Waals surface area (Å²) in [7, 11) is 0. The van der Waals surface area contributed by atoms with Crippen LogP contribution in [0.3, 0.4) is 0 Å². The summed E-state index contributed by atoms with van der Waals surface area (Å²) in [4.78, 5) is 9.83. The topological polar surface area (TPSA) is 17.1 Å². The van der Waals surface area contributed by atoms with Crippen molar-refractivity contribution in [3.8, 4) is 11.8 Å². The van der Waals surface area contributed by atoms with Crippen LogP contribution >= 0.6 is 0 Å². The molecule has 0 spiro atoms. The second-order valence-electron chi connectivity index (χ2n) is 2.05. The maximum absolute atomic E-state index is 9.83. The van der Waals surface area contributed by atoms with Gasteiger partial charge in [-0.2, -0.15) is 0 Å². The van der Waals surface area contributed by atoms with Gasteiger partial charge in [0.1, 0.15) is 0 Å². The van der Waals surface area contributed by atoms with Gasteiger partial charge in [0.05, 0.1) is 0 Å². The summed E-state index contributed by atoms with van der Waals surface area (Å²) < 4.78 is 0. The van der Waals surface area contributed by atoms with Crippen molar-refractivity contribution in [1.82, 2.24) is 0 Å². The quantitative estimate of drug-likeness (QED) is 0.360. The predicted octanol–water partition coefficient (Wildman–Crippen LogP) is 1.47. The van der Waals surface area contributed by atoms with Crippen molar-refractivity contribution >= 4 is 6.29 Å². The monoisotopic (exact) mass is 132 g/mol. The van der Waals surface area contributed by atoms with E-state index in [1.54, 1.807) is 0 Å². The molecule has 1 heteroatoms. The van der Waals surface area contributed by atoms with Gasteiger partial charge in [-0.1, -0.05) is 24.1 Å². The van der Waals surface area contributed by atoms with E-state index in [2.05, 4.69) is 17.9 Å². The Balaban J connectivity index is 2.63. The highest BCUT2D eigenvalue weighted by molar-refractivity contribution is 5.73. The van der Waals surface area contributed by atoms with Crippen molar-refractivity contribution in [2.45, 2.75) is 12.8 Å². The van der Waals surface area contributed by atoms with Crippen LogP contribution in [0, 0.1) is 11.8 Å². The molecule has 1 aliphatic rings. The molecule has 0 atom stereocenters. The first-order chi connectivity index (χ1) is 4.93. The van der Waals surface area contributed by atoms with Crippen molar-refractivity contribution in [3.63, 3.8) is 0 Å². The lowest BCUT2D eigenvalue weighted by Gasteiger charge is -1.98. The molecule has 1 aliphatic carbocycles. The highest BCUT2D eigenvalue weighted by Crippen LogP contribution is 2.09. The second-order valence-corrected chi connectivity index (χ2v) is 2.05. The fraction of sp³-hybridized carbons (Fsp3) is 0.222. The van der Waals surface area contributed by atoms with Gasteiger partial charge in [-0.05, 0) is 18.8 Å². The van der Waals surface area contributed by atoms with E-state index in [0.717, 1.165) is 18.4 Å². The molecule has 0 aromatic carbocycles. The zero-order valence-electron chi connectivity index (χ0n) is 5.63. The van der Waals surface area contributed by atoms with Crippen molar-refractivity contribution in [1.29, 1.82) is 0 Å². The molecule has 0 saturated carbocycles. The first-order valence-corrected chi connectivity index (χ1v) is 3.24. The maximum atomic E-state index is 9.83. The normalized spacial score (nSPS) is 15.0. The molecular weight excluding hydrogens is 124 g/mol. The van der Waals surface area contributed by atoms with E-state index in [4.69, 9.17) is 0 Å². The van der Waals surface area contributed by atoms with Crippen LogP contribution in [0.1, 0.15) is 12.8 Å². The number of allylic oxidation sites excluding steroid dienone is 4. The molecule has 0 N–H and O–H groups in total. The molecule has 1 rings (SSSR count). The summed E-state index contributed by atoms with van der Waals surface area (Å²) in [5, 5.41) is 0. The fourth-order valence-electron chi connectivity index (χ4n) is 0.829. The third-order valence-corrected chi connectivity index (χ3v) is 1.31. The minimum atomic E-state index is 0.624. The van der Waals surface area contributed by atoms with E-state index in [1.165, 1.54) is 0 Å². The SMILES string of the molecule is O=CC#CC1=CC=CCC1. The van der Waals surface area contributed by atoms with Crippen LogP contribution < -0.4 is 0 Å². The number of hydrogen-bond donors (Lipinski definition) is 0. The zero-order chi connectivity index (χ0) is 7.23. The van der Waals surface area contributed by atoms with Crippen LogP contribution in [0.15, 0.2) is 23.8 Å². The van der Waals surface area contributed by atoms with E-state index in [0.29, 0.717) is 6.29 Å². The zero-order valence-corrected chi connectivity index (χ0v) is 5.63. The van der Waals surface area contributed by atoms with Gasteiger partial charge in [-0.15, -0.1) is 0 Å². The van der Waals surface area contributed by atoms with E-state index in [9.17, 15) is 4.79 Å². The number of carbonyl (C=O) groups excluding carboxylic acids is 1. The molecule has 50 valence electrons. The van der Waals surface area contributed by atoms with E-state index in [1.807, 2.05) is 12.2 Å². The molecule has 0 saturated heterocycles. The summed E-state index contributed by atoms with van der Waals surface area (Å²) in [5.74, 6) is 5.15. The Morgan fingerprint density at radius 1 is 1.60 bits per heavy atom. The van der Waals surface area contributed by atoms with Crippen LogP contribution in [-0.2, 0) is 4.79 Å². The molecular formula is C9H8O. The Labute approximate surface area is 60.4 Å². The number of hydrogen-bond acceptors (Lipinski definition) is 1. The van der Waals surface area contributed by atoms with E-state index < -0.39 is 0 Å². The molecule has 1 nitrogen and oxygen atoms in total. The summed E-state index contributed by atoms with van der Waals surface area (Å²) in [6.07, 6.45) is 8.64. The minimum Gasteiger partial charge on any atom is -0.289 e. The fourth-order valence-corrected chi connectivity index (χ4v) is 0.829. The number of rotatable bonds is 0. The van der Waals surface area contributed by atoms with Gasteiger partial charge in [0, 0.05) is 5.57 Å². The van der Waals surface area contributed by atoms with E-state index >= 15 is 0 Å². The molecule has 0 aromatic rings. The van der Waals surface area contributed by atoms with Crippen LogP contribution in [0.4, 0.5) is 0 Å². The summed E-state index contributed by atoms with van der Waals surface area (Å²) in [6.45, 7) is 0. The summed E-state index contributed by atoms with van der Waals surface area (Å²) >= 11 is 0. The molecule has 10 heavy (non-hydrogen) atoms. The molecule has 0 unspecified atom stereocenters. The molecule has 0 amide bonds. The smallest absolute Gasteiger partial charge is 0.193 e. The van der Waals surface area contributed by atoms with Crippen molar-refractivity contribution < 1.29 is 4.79 Å². The highest BCUT2D eigenvalue weighted by atomic mass is 16.1. The first-order valence-electron chi connectivity index (χ1n) is 3.24. The number of carbonyl (C=O) groups is 1. The average Bonchev–Trinajstić information content (AvgIpc) is 2.03. The Kier molecular flexibility index (Phi) is 2.51. The Morgan fingerprint density at radius 3 is 3.10 bits per heavy atom. The standard InChI is InChI=1S/C9H8O/c10-8-4-7-9-5-2-1-3-6-9/h1-2,5,8H,3,6H2. The molecule has 0 heterocycles. The largest absolute Gasteiger partial charge is 0.289 e. The van der Waals surface area contributed by atoms with Crippen LogP contribution in [-0.4, -0.2) is 6.29 Å². The maximum Gasteiger partial charge on any atom is 0.193 e. The van der Waals surface area contributed by atoms with Crippen molar-refractivity contribution in [2.24, 2.45) is 0 Å². The van der Waals surface area contributed by atoms with E-state index in [-0.39, 0.29) is 0 Å². The molecule has 0 bridgehead atoms. The van der Waals surface area contributed by atoms with Gasteiger partial charge in [-0.3, -0.25) is 4.79 Å². The van der Waals surface area contributed by atoms with Crippen molar-refractivity contribution in [2.75, 3.05) is 0 Å². The van der Waals surface area contributed by atoms with Gasteiger partial charge >= 0.3 is 0 Å². The molecule has 0 aromatic heterocycles. The minimum absolute atomic E-state index is 0.624.